The zero-order valence-corrected chi connectivity index (χ0v) is 10.4. The highest BCUT2D eigenvalue weighted by atomic mass is 16.5. The van der Waals surface area contributed by atoms with Crippen molar-refractivity contribution in [2.24, 2.45) is 5.73 Å². The maximum absolute atomic E-state index is 6.02. The van der Waals surface area contributed by atoms with Crippen molar-refractivity contribution in [3.8, 4) is 0 Å². The molecule has 1 heterocycles. The number of rotatable bonds is 5. The van der Waals surface area contributed by atoms with Crippen molar-refractivity contribution in [1.82, 2.24) is 9.55 Å². The Morgan fingerprint density at radius 1 is 1.41 bits per heavy atom. The van der Waals surface area contributed by atoms with Gasteiger partial charge in [0.2, 0.25) is 0 Å². The van der Waals surface area contributed by atoms with E-state index in [1.54, 1.807) is 7.11 Å². The summed E-state index contributed by atoms with van der Waals surface area (Å²) in [4.78, 5) is 4.61. The number of nitrogens with two attached hydrogens (primary N) is 1. The van der Waals surface area contributed by atoms with Gasteiger partial charge < -0.3 is 15.0 Å². The summed E-state index contributed by atoms with van der Waals surface area (Å²) in [6.45, 7) is 3.42. The Bertz CT molecular complexity index is 492. The van der Waals surface area contributed by atoms with E-state index >= 15 is 0 Å². The van der Waals surface area contributed by atoms with Gasteiger partial charge in [-0.25, -0.2) is 4.98 Å². The van der Waals surface area contributed by atoms with Crippen molar-refractivity contribution in [1.29, 1.82) is 0 Å². The molecular formula is C13H19N3O. The minimum atomic E-state index is 0.00269. The standard InChI is InChI=1S/C13H19N3O/c1-3-13-15-11-6-4-5-7-12(11)16(13)8-10(14)9-17-2/h4-7,10H,3,8-9,14H2,1-2H3. The van der Waals surface area contributed by atoms with Crippen LogP contribution in [0.1, 0.15) is 12.7 Å². The maximum Gasteiger partial charge on any atom is 0.109 e. The van der Waals surface area contributed by atoms with Crippen LogP contribution < -0.4 is 5.73 Å². The molecule has 17 heavy (non-hydrogen) atoms. The molecule has 0 saturated heterocycles. The van der Waals surface area contributed by atoms with Crippen LogP contribution in [0.2, 0.25) is 0 Å². The van der Waals surface area contributed by atoms with Gasteiger partial charge in [-0.15, -0.1) is 0 Å². The Hall–Kier alpha value is -1.39. The van der Waals surface area contributed by atoms with E-state index in [4.69, 9.17) is 10.5 Å². The van der Waals surface area contributed by atoms with Gasteiger partial charge in [0.15, 0.2) is 0 Å². The van der Waals surface area contributed by atoms with Gasteiger partial charge in [0.1, 0.15) is 5.82 Å². The van der Waals surface area contributed by atoms with Gasteiger partial charge in [0.05, 0.1) is 17.6 Å². The molecule has 0 saturated carbocycles. The van der Waals surface area contributed by atoms with Crippen LogP contribution in [0.5, 0.6) is 0 Å². The predicted octanol–water partition coefficient (Wildman–Crippen LogP) is 1.57. The van der Waals surface area contributed by atoms with E-state index in [9.17, 15) is 0 Å². The molecule has 2 aromatic rings. The first-order valence-corrected chi connectivity index (χ1v) is 5.95. The zero-order valence-electron chi connectivity index (χ0n) is 10.4. The van der Waals surface area contributed by atoms with E-state index in [-0.39, 0.29) is 6.04 Å². The first kappa shape index (κ1) is 12.1. The molecule has 92 valence electrons. The van der Waals surface area contributed by atoms with Crippen LogP contribution in [0.4, 0.5) is 0 Å². The van der Waals surface area contributed by atoms with Crippen molar-refractivity contribution in [2.45, 2.75) is 25.9 Å². The molecule has 0 spiro atoms. The third-order valence-electron chi connectivity index (χ3n) is 2.85. The second-order valence-electron chi connectivity index (χ2n) is 4.20. The topological polar surface area (TPSA) is 53.1 Å². The maximum atomic E-state index is 6.02. The van der Waals surface area contributed by atoms with Gasteiger partial charge >= 0.3 is 0 Å². The molecule has 1 unspecified atom stereocenters. The number of hydrogen-bond donors (Lipinski definition) is 1. The smallest absolute Gasteiger partial charge is 0.109 e. The highest BCUT2D eigenvalue weighted by molar-refractivity contribution is 5.75. The lowest BCUT2D eigenvalue weighted by atomic mass is 10.3. The van der Waals surface area contributed by atoms with E-state index in [1.807, 2.05) is 18.2 Å². The highest BCUT2D eigenvalue weighted by Crippen LogP contribution is 2.16. The number of hydrogen-bond acceptors (Lipinski definition) is 3. The quantitative estimate of drug-likeness (QED) is 0.853. The fourth-order valence-corrected chi connectivity index (χ4v) is 2.10. The fourth-order valence-electron chi connectivity index (χ4n) is 2.10. The third kappa shape index (κ3) is 2.48. The number of aryl methyl sites for hydroxylation is 1. The number of imidazole rings is 1. The second kappa shape index (κ2) is 5.29. The van der Waals surface area contributed by atoms with Crippen LogP contribution in [0, 0.1) is 0 Å². The lowest BCUT2D eigenvalue weighted by Crippen LogP contribution is -2.31. The Labute approximate surface area is 101 Å². The molecule has 1 aromatic heterocycles. The molecule has 0 fully saturated rings. The van der Waals surface area contributed by atoms with Gasteiger partial charge in [-0.3, -0.25) is 0 Å². The summed E-state index contributed by atoms with van der Waals surface area (Å²) in [7, 11) is 1.67. The molecule has 2 rings (SSSR count). The lowest BCUT2D eigenvalue weighted by Gasteiger charge is -2.14. The summed E-state index contributed by atoms with van der Waals surface area (Å²) in [5.74, 6) is 1.08. The van der Waals surface area contributed by atoms with Gasteiger partial charge in [-0.05, 0) is 12.1 Å². The summed E-state index contributed by atoms with van der Waals surface area (Å²) >= 11 is 0. The van der Waals surface area contributed by atoms with Crippen LogP contribution in [-0.2, 0) is 17.7 Å². The van der Waals surface area contributed by atoms with Crippen molar-refractivity contribution in [3.63, 3.8) is 0 Å². The largest absolute Gasteiger partial charge is 0.383 e. The second-order valence-corrected chi connectivity index (χ2v) is 4.20. The van der Waals surface area contributed by atoms with Crippen LogP contribution in [-0.4, -0.2) is 29.3 Å². The number of para-hydroxylation sites is 2. The molecule has 0 bridgehead atoms. The van der Waals surface area contributed by atoms with Crippen molar-refractivity contribution < 1.29 is 4.74 Å². The summed E-state index contributed by atoms with van der Waals surface area (Å²) < 4.78 is 7.27. The minimum Gasteiger partial charge on any atom is -0.383 e. The number of methoxy groups -OCH3 is 1. The van der Waals surface area contributed by atoms with E-state index in [0.717, 1.165) is 29.8 Å². The lowest BCUT2D eigenvalue weighted by molar-refractivity contribution is 0.174. The fraction of sp³-hybridized carbons (Fsp3) is 0.462. The summed E-state index contributed by atoms with van der Waals surface area (Å²) in [6.07, 6.45) is 0.911. The number of ether oxygens (including phenoxy) is 1. The van der Waals surface area contributed by atoms with Gasteiger partial charge in [0.25, 0.3) is 0 Å². The predicted molar refractivity (Wildman–Crippen MR) is 69.0 cm³/mol. The molecule has 4 nitrogen and oxygen atoms in total. The number of aromatic nitrogens is 2. The molecular weight excluding hydrogens is 214 g/mol. The first-order chi connectivity index (χ1) is 8.26. The molecule has 0 radical (unpaired) electrons. The van der Waals surface area contributed by atoms with Crippen molar-refractivity contribution in [2.75, 3.05) is 13.7 Å². The van der Waals surface area contributed by atoms with Crippen LogP contribution in [0.3, 0.4) is 0 Å². The Kier molecular flexibility index (Phi) is 3.76. The van der Waals surface area contributed by atoms with Gasteiger partial charge in [0, 0.05) is 26.1 Å². The number of fused-ring (bicyclic) bond motifs is 1. The van der Waals surface area contributed by atoms with Crippen LogP contribution in [0.15, 0.2) is 24.3 Å². The van der Waals surface area contributed by atoms with E-state index in [0.29, 0.717) is 6.61 Å². The molecule has 0 aliphatic carbocycles. The molecule has 0 amide bonds. The molecule has 1 atom stereocenters. The highest BCUT2D eigenvalue weighted by Gasteiger charge is 2.11. The van der Waals surface area contributed by atoms with Crippen molar-refractivity contribution >= 4 is 11.0 Å². The molecule has 0 aliphatic heterocycles. The Morgan fingerprint density at radius 2 is 2.18 bits per heavy atom. The number of benzene rings is 1. The minimum absolute atomic E-state index is 0.00269. The van der Waals surface area contributed by atoms with Gasteiger partial charge in [-0.2, -0.15) is 0 Å². The Balaban J connectivity index is 2.36. The molecule has 1 aromatic carbocycles. The third-order valence-corrected chi connectivity index (χ3v) is 2.85. The normalized spacial score (nSPS) is 13.1. The Morgan fingerprint density at radius 3 is 2.88 bits per heavy atom. The monoisotopic (exact) mass is 233 g/mol. The van der Waals surface area contributed by atoms with E-state index < -0.39 is 0 Å². The van der Waals surface area contributed by atoms with Crippen LogP contribution in [0.25, 0.3) is 11.0 Å². The van der Waals surface area contributed by atoms with E-state index in [2.05, 4.69) is 22.5 Å². The number of nitrogens with zero attached hydrogens (tertiary/aromatic N) is 2. The average molecular weight is 233 g/mol. The average Bonchev–Trinajstić information content (AvgIpc) is 2.68. The summed E-state index contributed by atoms with van der Waals surface area (Å²) in [5, 5.41) is 0. The molecule has 4 heteroatoms. The first-order valence-electron chi connectivity index (χ1n) is 5.95. The van der Waals surface area contributed by atoms with Crippen LogP contribution >= 0.6 is 0 Å². The summed E-state index contributed by atoms with van der Waals surface area (Å²) in [6, 6.07) is 8.16. The summed E-state index contributed by atoms with van der Waals surface area (Å²) in [5.41, 5.74) is 8.20. The zero-order chi connectivity index (χ0) is 12.3. The van der Waals surface area contributed by atoms with Crippen molar-refractivity contribution in [3.05, 3.63) is 30.1 Å². The van der Waals surface area contributed by atoms with Gasteiger partial charge in [-0.1, -0.05) is 19.1 Å². The molecule has 2 N–H and O–H groups in total. The molecule has 0 aliphatic rings. The van der Waals surface area contributed by atoms with E-state index in [1.165, 1.54) is 0 Å². The SMILES string of the molecule is CCc1nc2ccccc2n1CC(N)COC.